The zero-order valence-corrected chi connectivity index (χ0v) is 17.4. The molecule has 1 aromatic carbocycles. The first kappa shape index (κ1) is 19.5. The number of carbonyl (C=O) groups excluding carboxylic acids is 1. The number of hydrogen-bond donors (Lipinski definition) is 4. The van der Waals surface area contributed by atoms with Gasteiger partial charge in [-0.3, -0.25) is 4.79 Å². The quantitative estimate of drug-likeness (QED) is 0.397. The van der Waals surface area contributed by atoms with E-state index in [1.165, 1.54) is 12.1 Å². The second-order valence-electron chi connectivity index (χ2n) is 7.92. The number of anilines is 1. The number of nitrogens with zero attached hydrogens (tertiary/aromatic N) is 3. The number of fused-ring (bicyclic) bond motifs is 3. The maximum atomic E-state index is 14.4. The Morgan fingerprint density at radius 1 is 1.32 bits per heavy atom. The number of halogens is 1. The van der Waals surface area contributed by atoms with Crippen molar-refractivity contribution in [2.24, 2.45) is 7.05 Å². The molecule has 0 saturated carbocycles. The molecule has 3 aromatic heterocycles. The molecule has 0 aliphatic carbocycles. The lowest BCUT2D eigenvalue weighted by atomic mass is 10.1. The maximum absolute atomic E-state index is 14.4. The van der Waals surface area contributed by atoms with Crippen LogP contribution in [-0.2, 0) is 18.4 Å². The van der Waals surface area contributed by atoms with Gasteiger partial charge in [0.05, 0.1) is 17.9 Å². The van der Waals surface area contributed by atoms with Crippen molar-refractivity contribution in [3.05, 3.63) is 42.0 Å². The van der Waals surface area contributed by atoms with Gasteiger partial charge in [-0.05, 0) is 49.2 Å². The van der Waals surface area contributed by atoms with E-state index in [0.717, 1.165) is 41.5 Å². The average molecular weight is 421 g/mol. The van der Waals surface area contributed by atoms with Crippen LogP contribution in [0.1, 0.15) is 18.4 Å². The Morgan fingerprint density at radius 2 is 2.19 bits per heavy atom. The first-order valence-electron chi connectivity index (χ1n) is 10.4. The minimum Gasteiger partial charge on any atom is -0.371 e. The predicted molar refractivity (Wildman–Crippen MR) is 118 cm³/mol. The molecule has 8 nitrogen and oxygen atoms in total. The summed E-state index contributed by atoms with van der Waals surface area (Å²) in [5.74, 6) is 0.282. The average Bonchev–Trinajstić information content (AvgIpc) is 3.50. The second-order valence-corrected chi connectivity index (χ2v) is 7.92. The number of aromatic amines is 1. The van der Waals surface area contributed by atoms with E-state index in [-0.39, 0.29) is 24.3 Å². The van der Waals surface area contributed by atoms with E-state index in [0.29, 0.717) is 22.6 Å². The lowest BCUT2D eigenvalue weighted by Crippen LogP contribution is -2.40. The Morgan fingerprint density at radius 3 is 2.97 bits per heavy atom. The topological polar surface area (TPSA) is 99.7 Å². The molecule has 1 atom stereocenters. The van der Waals surface area contributed by atoms with Crippen molar-refractivity contribution >= 4 is 33.8 Å². The van der Waals surface area contributed by atoms with Crippen molar-refractivity contribution in [1.29, 1.82) is 0 Å². The number of amides is 1. The van der Waals surface area contributed by atoms with E-state index in [9.17, 15) is 9.18 Å². The van der Waals surface area contributed by atoms with Gasteiger partial charge in [0.25, 0.3) is 0 Å². The molecule has 0 bridgehead atoms. The van der Waals surface area contributed by atoms with Crippen LogP contribution in [0.4, 0.5) is 10.2 Å². The minimum absolute atomic E-state index is 0.0451. The molecule has 160 valence electrons. The van der Waals surface area contributed by atoms with Crippen molar-refractivity contribution in [3.8, 4) is 11.3 Å². The molecule has 1 aliphatic rings. The van der Waals surface area contributed by atoms with Crippen molar-refractivity contribution in [2.75, 3.05) is 18.9 Å². The van der Waals surface area contributed by atoms with Gasteiger partial charge in [0, 0.05) is 37.3 Å². The van der Waals surface area contributed by atoms with E-state index >= 15 is 0 Å². The Hall–Kier alpha value is -3.46. The van der Waals surface area contributed by atoms with Crippen LogP contribution in [0.15, 0.2) is 30.6 Å². The summed E-state index contributed by atoms with van der Waals surface area (Å²) in [5.41, 5.74) is 4.58. The van der Waals surface area contributed by atoms with E-state index in [1.807, 2.05) is 23.7 Å². The molecule has 4 aromatic rings. The first-order chi connectivity index (χ1) is 15.0. The number of hydrogen-bond acceptors (Lipinski definition) is 5. The highest BCUT2D eigenvalue weighted by Crippen LogP contribution is 2.32. The van der Waals surface area contributed by atoms with Crippen LogP contribution in [0.25, 0.3) is 33.3 Å². The number of carbonyl (C=O) groups is 1. The van der Waals surface area contributed by atoms with Gasteiger partial charge >= 0.3 is 0 Å². The molecule has 0 unspecified atom stereocenters. The van der Waals surface area contributed by atoms with Crippen molar-refractivity contribution in [1.82, 2.24) is 30.2 Å². The van der Waals surface area contributed by atoms with E-state index in [4.69, 9.17) is 0 Å². The van der Waals surface area contributed by atoms with Crippen LogP contribution in [0.5, 0.6) is 0 Å². The number of pyridine rings is 1. The Labute approximate surface area is 178 Å². The van der Waals surface area contributed by atoms with E-state index < -0.39 is 0 Å². The third-order valence-corrected chi connectivity index (χ3v) is 5.79. The molecule has 1 aliphatic heterocycles. The normalized spacial score (nSPS) is 16.3. The highest BCUT2D eigenvalue weighted by Gasteiger charge is 2.21. The summed E-state index contributed by atoms with van der Waals surface area (Å²) in [4.78, 5) is 24.6. The van der Waals surface area contributed by atoms with Crippen LogP contribution in [-0.4, -0.2) is 45.1 Å². The van der Waals surface area contributed by atoms with Crippen LogP contribution < -0.4 is 16.0 Å². The summed E-state index contributed by atoms with van der Waals surface area (Å²) in [6, 6.07) is 6.62. The fourth-order valence-electron chi connectivity index (χ4n) is 4.26. The van der Waals surface area contributed by atoms with Gasteiger partial charge in [-0.2, -0.15) is 0 Å². The molecule has 1 saturated heterocycles. The van der Waals surface area contributed by atoms with Gasteiger partial charge in [-0.25, -0.2) is 14.4 Å². The van der Waals surface area contributed by atoms with E-state index in [1.54, 1.807) is 13.4 Å². The van der Waals surface area contributed by atoms with Gasteiger partial charge in [0.1, 0.15) is 17.0 Å². The Balaban J connectivity index is 1.49. The summed E-state index contributed by atoms with van der Waals surface area (Å²) in [6.07, 6.45) is 3.58. The molecule has 1 fully saturated rings. The number of imidazole rings is 1. The second kappa shape index (κ2) is 7.66. The molecule has 4 N–H and O–H groups in total. The third kappa shape index (κ3) is 3.50. The first-order valence-corrected chi connectivity index (χ1v) is 10.4. The summed E-state index contributed by atoms with van der Waals surface area (Å²) >= 11 is 0. The fourth-order valence-corrected chi connectivity index (χ4v) is 4.26. The number of rotatable bonds is 5. The van der Waals surface area contributed by atoms with Gasteiger partial charge in [-0.1, -0.05) is 0 Å². The fraction of sp³-hybridized carbons (Fsp3) is 0.318. The molecule has 1 amide bonds. The van der Waals surface area contributed by atoms with Crippen LogP contribution >= 0.6 is 0 Å². The largest absolute Gasteiger partial charge is 0.371 e. The molecule has 0 radical (unpaired) electrons. The standard InChI is InChI=1S/C22H24FN7O/c1-24-21-18-19(30(2)11-27-18)15-9-17(28-20(15)29-21)13-6-12(7-14(23)8-13)10-26-22(31)16-4-3-5-25-16/h6-9,11,16,25H,3-5,10H2,1-2H3,(H,26,31)(H2,24,28,29)/t16-/m0/s1. The van der Waals surface area contributed by atoms with Crippen LogP contribution in [0.3, 0.4) is 0 Å². The van der Waals surface area contributed by atoms with Gasteiger partial charge in [-0.15, -0.1) is 0 Å². The number of aromatic nitrogens is 4. The van der Waals surface area contributed by atoms with Crippen molar-refractivity contribution in [3.63, 3.8) is 0 Å². The monoisotopic (exact) mass is 421 g/mol. The summed E-state index contributed by atoms with van der Waals surface area (Å²) in [5, 5.41) is 10.1. The SMILES string of the molecule is CNc1nc2[nH]c(-c3cc(F)cc(CNC(=O)[C@@H]4CCCN4)c3)cc2c2c1ncn2C. The molecular weight excluding hydrogens is 397 g/mol. The zero-order valence-electron chi connectivity index (χ0n) is 17.4. The summed E-state index contributed by atoms with van der Waals surface area (Å²) in [6.45, 7) is 1.13. The number of nitrogens with one attached hydrogen (secondary N) is 4. The summed E-state index contributed by atoms with van der Waals surface area (Å²) in [7, 11) is 3.74. The molecular formula is C22H24FN7O. The third-order valence-electron chi connectivity index (χ3n) is 5.79. The molecule has 5 rings (SSSR count). The number of benzene rings is 1. The number of H-pyrrole nitrogens is 1. The smallest absolute Gasteiger partial charge is 0.237 e. The lowest BCUT2D eigenvalue weighted by Gasteiger charge is -2.12. The van der Waals surface area contributed by atoms with Crippen molar-refractivity contribution in [2.45, 2.75) is 25.4 Å². The molecule has 0 spiro atoms. The Bertz CT molecular complexity index is 1290. The highest BCUT2D eigenvalue weighted by atomic mass is 19.1. The van der Waals surface area contributed by atoms with Crippen LogP contribution in [0, 0.1) is 5.82 Å². The zero-order chi connectivity index (χ0) is 21.5. The molecule has 9 heteroatoms. The maximum Gasteiger partial charge on any atom is 0.237 e. The van der Waals surface area contributed by atoms with Gasteiger partial charge in [0.15, 0.2) is 5.82 Å². The Kier molecular flexibility index (Phi) is 4.82. The number of aryl methyl sites for hydroxylation is 1. The van der Waals surface area contributed by atoms with Gasteiger partial charge < -0.3 is 25.5 Å². The predicted octanol–water partition coefficient (Wildman–Crippen LogP) is 2.67. The summed E-state index contributed by atoms with van der Waals surface area (Å²) < 4.78 is 16.3. The molecule has 31 heavy (non-hydrogen) atoms. The van der Waals surface area contributed by atoms with Crippen molar-refractivity contribution < 1.29 is 9.18 Å². The van der Waals surface area contributed by atoms with E-state index in [2.05, 4.69) is 30.9 Å². The van der Waals surface area contributed by atoms with Crippen LogP contribution in [0.2, 0.25) is 0 Å². The van der Waals surface area contributed by atoms with Gasteiger partial charge in [0.2, 0.25) is 5.91 Å². The minimum atomic E-state index is -0.353. The highest BCUT2D eigenvalue weighted by molar-refractivity contribution is 6.07. The lowest BCUT2D eigenvalue weighted by molar-refractivity contribution is -0.122. The molecule has 4 heterocycles.